The van der Waals surface area contributed by atoms with E-state index in [4.69, 9.17) is 0 Å². The second-order valence-corrected chi connectivity index (χ2v) is 6.84. The van der Waals surface area contributed by atoms with Crippen LogP contribution in [0.2, 0.25) is 0 Å². The van der Waals surface area contributed by atoms with Crippen LogP contribution in [0, 0.1) is 18.3 Å². The third-order valence-electron chi connectivity index (χ3n) is 5.36. The molecule has 2 aromatic rings. The van der Waals surface area contributed by atoms with Crippen LogP contribution in [0.25, 0.3) is 11.5 Å². The summed E-state index contributed by atoms with van der Waals surface area (Å²) in [6.07, 6.45) is 4.48. The van der Waals surface area contributed by atoms with Gasteiger partial charge in [0, 0.05) is 31.0 Å². The molecule has 0 bridgehead atoms. The number of aromatic nitrogens is 3. The molecule has 2 atom stereocenters. The van der Waals surface area contributed by atoms with Crippen molar-refractivity contribution in [2.75, 3.05) is 18.0 Å². The summed E-state index contributed by atoms with van der Waals surface area (Å²) < 4.78 is 0. The van der Waals surface area contributed by atoms with Crippen molar-refractivity contribution in [3.63, 3.8) is 0 Å². The van der Waals surface area contributed by atoms with Crippen LogP contribution < -0.4 is 4.90 Å². The molecule has 0 aromatic carbocycles. The van der Waals surface area contributed by atoms with Crippen molar-refractivity contribution in [1.82, 2.24) is 15.0 Å². The highest BCUT2D eigenvalue weighted by atomic mass is 16.4. The lowest BCUT2D eigenvalue weighted by atomic mass is 9.81. The summed E-state index contributed by atoms with van der Waals surface area (Å²) in [7, 11) is 0. The number of nitrogens with zero attached hydrogens (tertiary/aromatic N) is 4. The van der Waals surface area contributed by atoms with Gasteiger partial charge in [-0.15, -0.1) is 0 Å². The van der Waals surface area contributed by atoms with Crippen LogP contribution in [0.15, 0.2) is 30.5 Å². The first-order valence-electron chi connectivity index (χ1n) is 8.34. The average molecular weight is 324 g/mol. The summed E-state index contributed by atoms with van der Waals surface area (Å²) in [5.74, 6) is 0.942. The van der Waals surface area contributed by atoms with Crippen LogP contribution in [-0.4, -0.2) is 39.1 Å². The molecule has 24 heavy (non-hydrogen) atoms. The van der Waals surface area contributed by atoms with Gasteiger partial charge in [-0.2, -0.15) is 0 Å². The summed E-state index contributed by atoms with van der Waals surface area (Å²) >= 11 is 0. The Hall–Kier alpha value is -2.50. The standard InChI is InChI=1S/C18H20N4O2/c1-12-9-15(21-16(20-12)14-6-2-3-8-19-14)22-10-13-5-4-7-18(13,11-22)17(23)24/h2-3,6,8-9,13H,4-5,7,10-11H2,1H3,(H,23,24)/t13-,18+/m0/s1. The number of pyridine rings is 1. The van der Waals surface area contributed by atoms with Crippen LogP contribution in [0.5, 0.6) is 0 Å². The third-order valence-corrected chi connectivity index (χ3v) is 5.36. The number of aliphatic carboxylic acids is 1. The van der Waals surface area contributed by atoms with Crippen molar-refractivity contribution in [3.05, 3.63) is 36.2 Å². The highest BCUT2D eigenvalue weighted by molar-refractivity contribution is 5.78. The van der Waals surface area contributed by atoms with Gasteiger partial charge in [-0.25, -0.2) is 9.97 Å². The summed E-state index contributed by atoms with van der Waals surface area (Å²) in [4.78, 5) is 27.4. The van der Waals surface area contributed by atoms with Crippen molar-refractivity contribution in [3.8, 4) is 11.5 Å². The highest BCUT2D eigenvalue weighted by Gasteiger charge is 2.55. The number of carboxylic acid groups (broad SMARTS) is 1. The zero-order chi connectivity index (χ0) is 16.7. The van der Waals surface area contributed by atoms with Crippen LogP contribution in [-0.2, 0) is 4.79 Å². The van der Waals surface area contributed by atoms with Gasteiger partial charge in [0.05, 0.1) is 5.41 Å². The van der Waals surface area contributed by atoms with E-state index in [1.165, 1.54) is 0 Å². The zero-order valence-corrected chi connectivity index (χ0v) is 13.6. The van der Waals surface area contributed by atoms with E-state index in [0.717, 1.165) is 43.0 Å². The maximum atomic E-state index is 11.9. The maximum Gasteiger partial charge on any atom is 0.311 e. The normalized spacial score (nSPS) is 25.7. The smallest absolute Gasteiger partial charge is 0.311 e. The quantitative estimate of drug-likeness (QED) is 0.934. The summed E-state index contributed by atoms with van der Waals surface area (Å²) in [6.45, 7) is 3.22. The summed E-state index contributed by atoms with van der Waals surface area (Å²) in [5, 5.41) is 9.76. The minimum absolute atomic E-state index is 0.212. The van der Waals surface area contributed by atoms with E-state index in [0.29, 0.717) is 12.4 Å². The Morgan fingerprint density at radius 1 is 1.38 bits per heavy atom. The van der Waals surface area contributed by atoms with E-state index >= 15 is 0 Å². The summed E-state index contributed by atoms with van der Waals surface area (Å²) in [5.41, 5.74) is 0.987. The third kappa shape index (κ3) is 2.33. The van der Waals surface area contributed by atoms with E-state index in [2.05, 4.69) is 19.9 Å². The first kappa shape index (κ1) is 15.1. The number of hydrogen-bond acceptors (Lipinski definition) is 5. The topological polar surface area (TPSA) is 79.2 Å². The Morgan fingerprint density at radius 2 is 2.25 bits per heavy atom. The average Bonchev–Trinajstić information content (AvgIpc) is 3.13. The number of aryl methyl sites for hydroxylation is 1. The molecule has 0 unspecified atom stereocenters. The molecule has 1 aliphatic heterocycles. The molecule has 2 aliphatic rings. The Bertz CT molecular complexity index is 780. The zero-order valence-electron chi connectivity index (χ0n) is 13.6. The van der Waals surface area contributed by atoms with Gasteiger partial charge in [-0.05, 0) is 37.8 Å². The molecule has 6 heteroatoms. The molecule has 3 heterocycles. The molecular weight excluding hydrogens is 304 g/mol. The van der Waals surface area contributed by atoms with Crippen LogP contribution in [0.1, 0.15) is 25.0 Å². The van der Waals surface area contributed by atoms with Gasteiger partial charge >= 0.3 is 5.97 Å². The fourth-order valence-electron chi connectivity index (χ4n) is 4.14. The fraction of sp³-hybridized carbons (Fsp3) is 0.444. The second-order valence-electron chi connectivity index (χ2n) is 6.84. The highest BCUT2D eigenvalue weighted by Crippen LogP contribution is 2.49. The van der Waals surface area contributed by atoms with Crippen molar-refractivity contribution in [1.29, 1.82) is 0 Å². The van der Waals surface area contributed by atoms with E-state index in [1.807, 2.05) is 31.2 Å². The number of anilines is 1. The number of carbonyl (C=O) groups is 1. The van der Waals surface area contributed by atoms with Crippen molar-refractivity contribution < 1.29 is 9.90 Å². The van der Waals surface area contributed by atoms with Crippen LogP contribution in [0.4, 0.5) is 5.82 Å². The molecule has 2 aromatic heterocycles. The number of carboxylic acids is 1. The number of fused-ring (bicyclic) bond motifs is 1. The summed E-state index contributed by atoms with van der Waals surface area (Å²) in [6, 6.07) is 7.59. The SMILES string of the molecule is Cc1cc(N2C[C@@H]3CCC[C@@]3(C(=O)O)C2)nc(-c2ccccn2)n1. The first-order valence-corrected chi connectivity index (χ1v) is 8.34. The molecule has 0 amide bonds. The molecule has 2 fully saturated rings. The fourth-order valence-corrected chi connectivity index (χ4v) is 4.14. The van der Waals surface area contributed by atoms with Gasteiger partial charge in [-0.1, -0.05) is 12.5 Å². The Labute approximate surface area is 140 Å². The first-order chi connectivity index (χ1) is 11.6. The van der Waals surface area contributed by atoms with E-state index < -0.39 is 11.4 Å². The number of hydrogen-bond donors (Lipinski definition) is 1. The van der Waals surface area contributed by atoms with Gasteiger partial charge in [0.1, 0.15) is 11.5 Å². The number of rotatable bonds is 3. The van der Waals surface area contributed by atoms with E-state index in [1.54, 1.807) is 6.20 Å². The lowest BCUT2D eigenvalue weighted by molar-refractivity contribution is -0.149. The monoisotopic (exact) mass is 324 g/mol. The van der Waals surface area contributed by atoms with Gasteiger partial charge in [-0.3, -0.25) is 9.78 Å². The molecule has 1 N–H and O–H groups in total. The van der Waals surface area contributed by atoms with Crippen LogP contribution in [0.3, 0.4) is 0 Å². The largest absolute Gasteiger partial charge is 0.481 e. The van der Waals surface area contributed by atoms with E-state index in [-0.39, 0.29) is 5.92 Å². The molecular formula is C18H20N4O2. The second kappa shape index (κ2) is 5.54. The van der Waals surface area contributed by atoms with Gasteiger partial charge < -0.3 is 10.0 Å². The molecule has 0 radical (unpaired) electrons. The Morgan fingerprint density at radius 3 is 2.96 bits per heavy atom. The predicted octanol–water partition coefficient (Wildman–Crippen LogP) is 2.54. The minimum atomic E-state index is -0.664. The van der Waals surface area contributed by atoms with Crippen molar-refractivity contribution in [2.45, 2.75) is 26.2 Å². The van der Waals surface area contributed by atoms with Crippen molar-refractivity contribution >= 4 is 11.8 Å². The van der Waals surface area contributed by atoms with Gasteiger partial charge in [0.15, 0.2) is 5.82 Å². The molecule has 1 saturated carbocycles. The van der Waals surface area contributed by atoms with Crippen molar-refractivity contribution in [2.24, 2.45) is 11.3 Å². The maximum absolute atomic E-state index is 11.9. The minimum Gasteiger partial charge on any atom is -0.481 e. The molecule has 0 spiro atoms. The van der Waals surface area contributed by atoms with Crippen LogP contribution >= 0.6 is 0 Å². The molecule has 124 valence electrons. The predicted molar refractivity (Wildman–Crippen MR) is 89.6 cm³/mol. The lowest BCUT2D eigenvalue weighted by Crippen LogP contribution is -2.35. The van der Waals surface area contributed by atoms with E-state index in [9.17, 15) is 9.90 Å². The molecule has 4 rings (SSSR count). The molecule has 6 nitrogen and oxygen atoms in total. The molecule has 1 aliphatic carbocycles. The Balaban J connectivity index is 1.69. The van der Waals surface area contributed by atoms with Gasteiger partial charge in [0.2, 0.25) is 0 Å². The van der Waals surface area contributed by atoms with Gasteiger partial charge in [0.25, 0.3) is 0 Å². The molecule has 1 saturated heterocycles. The lowest BCUT2D eigenvalue weighted by Gasteiger charge is -2.24. The Kier molecular flexibility index (Phi) is 3.48.